The van der Waals surface area contributed by atoms with Crippen molar-refractivity contribution >= 4 is 28.0 Å². The zero-order valence-electron chi connectivity index (χ0n) is 13.7. The highest BCUT2D eigenvalue weighted by molar-refractivity contribution is 6.05. The van der Waals surface area contributed by atoms with Crippen molar-refractivity contribution in [2.75, 3.05) is 27.8 Å². The minimum absolute atomic E-state index is 0.0449. The lowest BCUT2D eigenvalue weighted by Crippen LogP contribution is -2.21. The lowest BCUT2D eigenvalue weighted by molar-refractivity contribution is 0.0828. The second kappa shape index (κ2) is 5.92. The van der Waals surface area contributed by atoms with E-state index in [0.717, 1.165) is 22.2 Å². The van der Waals surface area contributed by atoms with Gasteiger partial charge in [-0.2, -0.15) is 0 Å². The maximum atomic E-state index is 12.2. The van der Waals surface area contributed by atoms with Crippen LogP contribution in [0.25, 0.3) is 22.1 Å². The Hall–Kier alpha value is -2.54. The molecule has 23 heavy (non-hydrogen) atoms. The molecule has 0 fully saturated rings. The molecule has 2 aromatic heterocycles. The molecule has 3 aromatic rings. The number of hydrogen-bond acceptors (Lipinski definition) is 5. The molecular weight excluding hydrogens is 294 g/mol. The van der Waals surface area contributed by atoms with Gasteiger partial charge in [0.25, 0.3) is 5.91 Å². The molecule has 120 valence electrons. The number of hydrogen-bond donors (Lipinski definition) is 0. The summed E-state index contributed by atoms with van der Waals surface area (Å²) in [6.07, 6.45) is 0. The van der Waals surface area contributed by atoms with Gasteiger partial charge in [-0.3, -0.25) is 4.79 Å². The number of benzene rings is 1. The van der Waals surface area contributed by atoms with Gasteiger partial charge < -0.3 is 14.2 Å². The summed E-state index contributed by atoms with van der Waals surface area (Å²) in [5, 5.41) is 9.27. The van der Waals surface area contributed by atoms with Gasteiger partial charge in [0.1, 0.15) is 5.82 Å². The normalized spacial score (nSPS) is 11.3. The van der Waals surface area contributed by atoms with E-state index < -0.39 is 0 Å². The number of fused-ring (bicyclic) bond motifs is 3. The van der Waals surface area contributed by atoms with Crippen molar-refractivity contribution in [1.82, 2.24) is 24.6 Å². The molecule has 0 radical (unpaired) electrons. The third kappa shape index (κ3) is 2.63. The Morgan fingerprint density at radius 2 is 2.09 bits per heavy atom. The Kier molecular flexibility index (Phi) is 3.96. The van der Waals surface area contributed by atoms with Crippen LogP contribution in [-0.4, -0.2) is 58.4 Å². The van der Waals surface area contributed by atoms with E-state index in [1.165, 1.54) is 0 Å². The second-order valence-corrected chi connectivity index (χ2v) is 5.61. The van der Waals surface area contributed by atoms with E-state index in [4.69, 9.17) is 4.74 Å². The van der Waals surface area contributed by atoms with E-state index in [0.29, 0.717) is 24.4 Å². The molecule has 1 aromatic carbocycles. The van der Waals surface area contributed by atoms with Crippen LogP contribution in [0, 0.1) is 6.92 Å². The van der Waals surface area contributed by atoms with Crippen LogP contribution in [0.4, 0.5) is 0 Å². The molecular formula is C16H19N5O2. The highest BCUT2D eigenvalue weighted by Crippen LogP contribution is 2.24. The topological polar surface area (TPSA) is 73.1 Å². The molecule has 0 aliphatic rings. The molecule has 7 nitrogen and oxygen atoms in total. The van der Waals surface area contributed by atoms with Gasteiger partial charge in [0.2, 0.25) is 5.65 Å². The molecule has 7 heteroatoms. The fourth-order valence-electron chi connectivity index (χ4n) is 2.65. The van der Waals surface area contributed by atoms with E-state index in [1.807, 2.05) is 19.1 Å². The summed E-state index contributed by atoms with van der Waals surface area (Å²) >= 11 is 0. The van der Waals surface area contributed by atoms with Crippen molar-refractivity contribution in [3.05, 3.63) is 29.6 Å². The zero-order chi connectivity index (χ0) is 16.6. The number of methoxy groups -OCH3 is 1. The van der Waals surface area contributed by atoms with Crippen LogP contribution in [0.1, 0.15) is 16.2 Å². The lowest BCUT2D eigenvalue weighted by Gasteiger charge is -2.11. The van der Waals surface area contributed by atoms with Crippen LogP contribution in [-0.2, 0) is 11.3 Å². The number of carbonyl (C=O) groups is 1. The lowest BCUT2D eigenvalue weighted by atomic mass is 10.1. The molecule has 0 bridgehead atoms. The van der Waals surface area contributed by atoms with Crippen molar-refractivity contribution in [3.63, 3.8) is 0 Å². The first kappa shape index (κ1) is 15.4. The highest BCUT2D eigenvalue weighted by Gasteiger charge is 2.15. The Bertz CT molecular complexity index is 885. The van der Waals surface area contributed by atoms with Gasteiger partial charge in [0, 0.05) is 38.7 Å². The molecule has 0 atom stereocenters. The van der Waals surface area contributed by atoms with Gasteiger partial charge in [-0.05, 0) is 25.1 Å². The summed E-state index contributed by atoms with van der Waals surface area (Å²) in [7, 11) is 5.14. The largest absolute Gasteiger partial charge is 0.383 e. The number of ether oxygens (including phenoxy) is 1. The van der Waals surface area contributed by atoms with Gasteiger partial charge in [0.15, 0.2) is 0 Å². The van der Waals surface area contributed by atoms with Crippen LogP contribution in [0.3, 0.4) is 0 Å². The van der Waals surface area contributed by atoms with Crippen molar-refractivity contribution in [1.29, 1.82) is 0 Å². The first-order valence-corrected chi connectivity index (χ1v) is 7.36. The summed E-state index contributed by atoms with van der Waals surface area (Å²) in [5.41, 5.74) is 2.83. The van der Waals surface area contributed by atoms with E-state index in [-0.39, 0.29) is 5.91 Å². The molecule has 0 saturated heterocycles. The third-order valence-electron chi connectivity index (χ3n) is 3.82. The molecule has 0 spiro atoms. The number of carbonyl (C=O) groups excluding carboxylic acids is 1. The monoisotopic (exact) mass is 313 g/mol. The molecule has 2 heterocycles. The van der Waals surface area contributed by atoms with Crippen molar-refractivity contribution in [2.24, 2.45) is 0 Å². The van der Waals surface area contributed by atoms with Gasteiger partial charge in [-0.25, -0.2) is 4.98 Å². The molecule has 0 saturated carbocycles. The Morgan fingerprint density at radius 1 is 1.30 bits per heavy atom. The third-order valence-corrected chi connectivity index (χ3v) is 3.82. The van der Waals surface area contributed by atoms with Crippen LogP contribution < -0.4 is 0 Å². The maximum Gasteiger partial charge on any atom is 0.253 e. The summed E-state index contributed by atoms with van der Waals surface area (Å²) in [6.45, 7) is 3.18. The Labute approximate surface area is 133 Å². The molecule has 0 aliphatic carbocycles. The average Bonchev–Trinajstić information content (AvgIpc) is 2.87. The number of amides is 1. The van der Waals surface area contributed by atoms with Crippen molar-refractivity contribution < 1.29 is 9.53 Å². The molecule has 0 unspecified atom stereocenters. The standard InChI is InChI=1S/C16H19N5O2/c1-10-17-15-14(21(10)7-8-23-4)12-9-11(16(22)20(2)3)5-6-13(12)18-19-15/h5-6,9H,7-8H2,1-4H3. The predicted molar refractivity (Wildman–Crippen MR) is 87.5 cm³/mol. The minimum Gasteiger partial charge on any atom is -0.383 e. The van der Waals surface area contributed by atoms with Crippen LogP contribution in [0.2, 0.25) is 0 Å². The first-order valence-electron chi connectivity index (χ1n) is 7.36. The Balaban J connectivity index is 2.27. The van der Waals surface area contributed by atoms with E-state index in [9.17, 15) is 4.79 Å². The SMILES string of the molecule is COCCn1c(C)nc2nnc3ccc(C(=O)N(C)C)cc3c21. The summed E-state index contributed by atoms with van der Waals surface area (Å²) in [4.78, 5) is 18.3. The number of rotatable bonds is 4. The quantitative estimate of drug-likeness (QED) is 0.732. The Morgan fingerprint density at radius 3 is 2.78 bits per heavy atom. The smallest absolute Gasteiger partial charge is 0.253 e. The summed E-state index contributed by atoms with van der Waals surface area (Å²) < 4.78 is 7.23. The van der Waals surface area contributed by atoms with Gasteiger partial charge in [-0.15, -0.1) is 10.2 Å². The fourth-order valence-corrected chi connectivity index (χ4v) is 2.65. The highest BCUT2D eigenvalue weighted by atomic mass is 16.5. The minimum atomic E-state index is -0.0449. The van der Waals surface area contributed by atoms with Crippen LogP contribution in [0.5, 0.6) is 0 Å². The van der Waals surface area contributed by atoms with Crippen LogP contribution in [0.15, 0.2) is 18.2 Å². The number of nitrogens with zero attached hydrogens (tertiary/aromatic N) is 5. The van der Waals surface area contributed by atoms with Crippen molar-refractivity contribution in [3.8, 4) is 0 Å². The molecule has 3 rings (SSSR count). The zero-order valence-corrected chi connectivity index (χ0v) is 13.7. The summed E-state index contributed by atoms with van der Waals surface area (Å²) in [5.74, 6) is 0.805. The second-order valence-electron chi connectivity index (χ2n) is 5.61. The van der Waals surface area contributed by atoms with Gasteiger partial charge >= 0.3 is 0 Å². The average molecular weight is 313 g/mol. The maximum absolute atomic E-state index is 12.2. The fraction of sp³-hybridized carbons (Fsp3) is 0.375. The first-order chi connectivity index (χ1) is 11.0. The number of aryl methyl sites for hydroxylation is 1. The molecule has 0 N–H and O–H groups in total. The van der Waals surface area contributed by atoms with E-state index >= 15 is 0 Å². The predicted octanol–water partition coefficient (Wildman–Crippen LogP) is 1.64. The summed E-state index contributed by atoms with van der Waals surface area (Å²) in [6, 6.07) is 5.45. The van der Waals surface area contributed by atoms with Crippen molar-refractivity contribution in [2.45, 2.75) is 13.5 Å². The number of aromatic nitrogens is 4. The van der Waals surface area contributed by atoms with Gasteiger partial charge in [-0.1, -0.05) is 0 Å². The number of imidazole rings is 1. The molecule has 0 aliphatic heterocycles. The van der Waals surface area contributed by atoms with Crippen LogP contribution >= 0.6 is 0 Å². The van der Waals surface area contributed by atoms with E-state index in [2.05, 4.69) is 19.7 Å². The van der Waals surface area contributed by atoms with Gasteiger partial charge in [0.05, 0.1) is 17.6 Å². The molecule has 1 amide bonds. The van der Waals surface area contributed by atoms with E-state index in [1.54, 1.807) is 32.2 Å².